The summed E-state index contributed by atoms with van der Waals surface area (Å²) in [5.41, 5.74) is 1.16. The monoisotopic (exact) mass is 421 g/mol. The molecule has 0 amide bonds. The van der Waals surface area contributed by atoms with Crippen LogP contribution in [0.1, 0.15) is 25.5 Å². The van der Waals surface area contributed by atoms with Crippen LogP contribution in [0, 0.1) is 10.1 Å². The third kappa shape index (κ3) is 5.31. The Morgan fingerprint density at radius 2 is 1.72 bits per heavy atom. The molecule has 2 N–H and O–H groups in total. The van der Waals surface area contributed by atoms with E-state index >= 15 is 0 Å². The molecule has 0 fully saturated rings. The lowest BCUT2D eigenvalue weighted by Gasteiger charge is -2.23. The highest BCUT2D eigenvalue weighted by molar-refractivity contribution is 7.89. The molecule has 0 spiro atoms. The fraction of sp³-hybridized carbons (Fsp3) is 0.400. The standard InChI is InChI=1S/C20H28N4O4S/c1-5-23(6-2)29(27,28)17-12-13-18(19(14-17)24(25)26)21-15-20(22(3)4)16-10-8-7-9-11-16/h7-14,20-21H,5-6,15H2,1-4H3/p+1/t20-/m1/s1. The van der Waals surface area contributed by atoms with Crippen LogP contribution in [-0.4, -0.2) is 51.4 Å². The molecule has 0 saturated heterocycles. The molecule has 0 saturated carbocycles. The van der Waals surface area contributed by atoms with Crippen molar-refractivity contribution in [2.75, 3.05) is 39.0 Å². The van der Waals surface area contributed by atoms with Gasteiger partial charge in [-0.1, -0.05) is 44.2 Å². The molecule has 29 heavy (non-hydrogen) atoms. The Bertz CT molecular complexity index is 929. The van der Waals surface area contributed by atoms with E-state index in [9.17, 15) is 18.5 Å². The predicted molar refractivity (Wildman–Crippen MR) is 114 cm³/mol. The normalized spacial score (nSPS) is 12.9. The number of nitro benzene ring substituents is 1. The van der Waals surface area contributed by atoms with Crippen LogP contribution in [0.4, 0.5) is 11.4 Å². The van der Waals surface area contributed by atoms with Gasteiger partial charge in [0.2, 0.25) is 10.0 Å². The van der Waals surface area contributed by atoms with E-state index in [1.807, 2.05) is 44.4 Å². The van der Waals surface area contributed by atoms with Gasteiger partial charge in [0.1, 0.15) is 11.7 Å². The number of hydrogen-bond donors (Lipinski definition) is 2. The summed E-state index contributed by atoms with van der Waals surface area (Å²) in [6, 6.07) is 14.0. The fourth-order valence-electron chi connectivity index (χ4n) is 3.24. The number of nitro groups is 1. The number of anilines is 1. The first-order valence-corrected chi connectivity index (χ1v) is 11.0. The topological polar surface area (TPSA) is 97.0 Å². The molecule has 0 aromatic heterocycles. The van der Waals surface area contributed by atoms with Crippen molar-refractivity contribution < 1.29 is 18.2 Å². The summed E-state index contributed by atoms with van der Waals surface area (Å²) in [6.07, 6.45) is 0. The van der Waals surface area contributed by atoms with Gasteiger partial charge in [-0.05, 0) is 12.1 Å². The second kappa shape index (κ2) is 9.82. The molecule has 2 aromatic carbocycles. The third-order valence-corrected chi connectivity index (χ3v) is 6.95. The predicted octanol–water partition coefficient (Wildman–Crippen LogP) is 1.92. The van der Waals surface area contributed by atoms with Gasteiger partial charge in [0.25, 0.3) is 5.69 Å². The van der Waals surface area contributed by atoms with Gasteiger partial charge < -0.3 is 10.2 Å². The summed E-state index contributed by atoms with van der Waals surface area (Å²) in [5.74, 6) is 0. The van der Waals surface area contributed by atoms with E-state index in [4.69, 9.17) is 0 Å². The summed E-state index contributed by atoms with van der Waals surface area (Å²) in [5, 5.41) is 14.7. The van der Waals surface area contributed by atoms with Gasteiger partial charge in [-0.3, -0.25) is 10.1 Å². The van der Waals surface area contributed by atoms with Crippen LogP contribution < -0.4 is 10.2 Å². The minimum Gasteiger partial charge on any atom is -0.373 e. The second-order valence-corrected chi connectivity index (χ2v) is 8.88. The first-order chi connectivity index (χ1) is 13.7. The zero-order valence-corrected chi connectivity index (χ0v) is 18.1. The number of likely N-dealkylation sites (N-methyl/N-ethyl adjacent to an activating group) is 1. The van der Waals surface area contributed by atoms with Gasteiger partial charge >= 0.3 is 0 Å². The Balaban J connectivity index is 2.33. The van der Waals surface area contributed by atoms with E-state index in [0.29, 0.717) is 25.3 Å². The number of hydrogen-bond acceptors (Lipinski definition) is 5. The molecule has 0 aliphatic carbocycles. The molecule has 0 aliphatic heterocycles. The van der Waals surface area contributed by atoms with Crippen molar-refractivity contribution >= 4 is 21.4 Å². The van der Waals surface area contributed by atoms with Crippen molar-refractivity contribution in [3.8, 4) is 0 Å². The van der Waals surface area contributed by atoms with Crippen LogP contribution in [0.15, 0.2) is 53.4 Å². The summed E-state index contributed by atoms with van der Waals surface area (Å²) in [7, 11) is 0.278. The quantitative estimate of drug-likeness (QED) is 0.451. The van der Waals surface area contributed by atoms with E-state index in [0.717, 1.165) is 11.6 Å². The van der Waals surface area contributed by atoms with Crippen LogP contribution in [0.3, 0.4) is 0 Å². The number of nitrogens with one attached hydrogen (secondary N) is 2. The van der Waals surface area contributed by atoms with Crippen LogP contribution in [-0.2, 0) is 10.0 Å². The van der Waals surface area contributed by atoms with E-state index in [1.165, 1.54) is 21.3 Å². The van der Waals surface area contributed by atoms with E-state index < -0.39 is 14.9 Å². The Labute approximate surface area is 172 Å². The number of sulfonamides is 1. The lowest BCUT2D eigenvalue weighted by atomic mass is 10.1. The molecule has 0 heterocycles. The Morgan fingerprint density at radius 1 is 1.10 bits per heavy atom. The molecule has 9 heteroatoms. The van der Waals surface area contributed by atoms with Gasteiger partial charge in [0, 0.05) is 24.7 Å². The first kappa shape index (κ1) is 22.8. The number of quaternary nitrogens is 1. The Hall–Kier alpha value is -2.49. The zero-order valence-electron chi connectivity index (χ0n) is 17.3. The highest BCUT2D eigenvalue weighted by Gasteiger charge is 2.26. The van der Waals surface area contributed by atoms with Crippen molar-refractivity contribution in [3.63, 3.8) is 0 Å². The van der Waals surface area contributed by atoms with Crippen molar-refractivity contribution in [1.29, 1.82) is 0 Å². The minimum absolute atomic E-state index is 0.0729. The fourth-order valence-corrected chi connectivity index (χ4v) is 4.72. The van der Waals surface area contributed by atoms with Crippen LogP contribution in [0.25, 0.3) is 0 Å². The van der Waals surface area contributed by atoms with Crippen molar-refractivity contribution in [2.45, 2.75) is 24.8 Å². The highest BCUT2D eigenvalue weighted by atomic mass is 32.2. The molecule has 2 aromatic rings. The van der Waals surface area contributed by atoms with Gasteiger partial charge in [-0.2, -0.15) is 4.31 Å². The van der Waals surface area contributed by atoms with Crippen molar-refractivity contribution in [2.24, 2.45) is 0 Å². The third-order valence-electron chi connectivity index (χ3n) is 4.90. The SMILES string of the molecule is CCN(CC)S(=O)(=O)c1ccc(NC[C@H](c2ccccc2)[NH+](C)C)c([N+](=O)[O-])c1. The average molecular weight is 422 g/mol. The van der Waals surface area contributed by atoms with E-state index in [-0.39, 0.29) is 16.6 Å². The summed E-state index contributed by atoms with van der Waals surface area (Å²) >= 11 is 0. The van der Waals surface area contributed by atoms with Crippen LogP contribution in [0.5, 0.6) is 0 Å². The van der Waals surface area contributed by atoms with Crippen LogP contribution in [0.2, 0.25) is 0 Å². The van der Waals surface area contributed by atoms with E-state index in [1.54, 1.807) is 13.8 Å². The Kier molecular flexibility index (Phi) is 7.72. The molecular weight excluding hydrogens is 392 g/mol. The molecule has 0 bridgehead atoms. The summed E-state index contributed by atoms with van der Waals surface area (Å²) < 4.78 is 26.7. The minimum atomic E-state index is -3.76. The van der Waals surface area contributed by atoms with Gasteiger partial charge in [-0.25, -0.2) is 8.42 Å². The molecule has 2 rings (SSSR count). The summed E-state index contributed by atoms with van der Waals surface area (Å²) in [6.45, 7) is 4.54. The average Bonchev–Trinajstić information content (AvgIpc) is 2.69. The molecule has 158 valence electrons. The molecular formula is C20H29N4O4S+. The van der Waals surface area contributed by atoms with Crippen molar-refractivity contribution in [3.05, 3.63) is 64.2 Å². The van der Waals surface area contributed by atoms with Gasteiger partial charge in [0.15, 0.2) is 0 Å². The maximum Gasteiger partial charge on any atom is 0.293 e. The number of benzene rings is 2. The summed E-state index contributed by atoms with van der Waals surface area (Å²) in [4.78, 5) is 12.2. The van der Waals surface area contributed by atoms with Crippen LogP contribution >= 0.6 is 0 Å². The lowest BCUT2D eigenvalue weighted by Crippen LogP contribution is -3.06. The largest absolute Gasteiger partial charge is 0.373 e. The molecule has 0 unspecified atom stereocenters. The Morgan fingerprint density at radius 3 is 2.24 bits per heavy atom. The molecule has 0 aliphatic rings. The smallest absolute Gasteiger partial charge is 0.293 e. The molecule has 1 atom stereocenters. The highest BCUT2D eigenvalue weighted by Crippen LogP contribution is 2.29. The number of nitrogens with zero attached hydrogens (tertiary/aromatic N) is 2. The maximum absolute atomic E-state index is 12.7. The van der Waals surface area contributed by atoms with Crippen molar-refractivity contribution in [1.82, 2.24) is 4.31 Å². The second-order valence-electron chi connectivity index (χ2n) is 6.95. The zero-order chi connectivity index (χ0) is 21.6. The molecule has 8 nitrogen and oxygen atoms in total. The lowest BCUT2D eigenvalue weighted by molar-refractivity contribution is -0.890. The van der Waals surface area contributed by atoms with Gasteiger partial charge in [-0.15, -0.1) is 0 Å². The van der Waals surface area contributed by atoms with Gasteiger partial charge in [0.05, 0.1) is 30.5 Å². The number of rotatable bonds is 10. The first-order valence-electron chi connectivity index (χ1n) is 9.59. The maximum atomic E-state index is 12.7. The van der Waals surface area contributed by atoms with E-state index in [2.05, 4.69) is 5.32 Å². The molecule has 0 radical (unpaired) electrons.